The van der Waals surface area contributed by atoms with Gasteiger partial charge in [-0.15, -0.1) is 0 Å². The average molecular weight is 233 g/mol. The minimum atomic E-state index is -0.161. The number of hydrogen-bond acceptors (Lipinski definition) is 3. The van der Waals surface area contributed by atoms with Crippen molar-refractivity contribution >= 4 is 5.91 Å². The fraction of sp³-hybridized carbons (Fsp3) is 0.538. The van der Waals surface area contributed by atoms with Gasteiger partial charge >= 0.3 is 0 Å². The zero-order valence-electron chi connectivity index (χ0n) is 10.4. The number of carbonyl (C=O) groups is 1. The van der Waals surface area contributed by atoms with Crippen molar-refractivity contribution in [2.45, 2.75) is 32.2 Å². The molecule has 2 rings (SSSR count). The number of aryl methyl sites for hydroxylation is 1. The van der Waals surface area contributed by atoms with Crippen molar-refractivity contribution < 1.29 is 4.79 Å². The Bertz CT molecular complexity index is 424. The van der Waals surface area contributed by atoms with Crippen LogP contribution in [0, 0.1) is 6.92 Å². The van der Waals surface area contributed by atoms with Gasteiger partial charge in [0.15, 0.2) is 0 Å². The third kappa shape index (κ3) is 2.31. The maximum Gasteiger partial charge on any atom is 0.254 e. The first-order valence-electron chi connectivity index (χ1n) is 6.04. The topological polar surface area (TPSA) is 59.2 Å². The van der Waals surface area contributed by atoms with E-state index in [-0.39, 0.29) is 11.4 Å². The van der Waals surface area contributed by atoms with Crippen LogP contribution in [0.25, 0.3) is 0 Å². The molecule has 0 unspecified atom stereocenters. The molecule has 1 aromatic heterocycles. The van der Waals surface area contributed by atoms with Gasteiger partial charge in [0, 0.05) is 31.0 Å². The number of carbonyl (C=O) groups excluding carboxylic acids is 1. The van der Waals surface area contributed by atoms with Crippen LogP contribution >= 0.6 is 0 Å². The molecular formula is C13H19N3O. The van der Waals surface area contributed by atoms with E-state index in [0.29, 0.717) is 13.1 Å². The smallest absolute Gasteiger partial charge is 0.254 e. The number of nitrogens with zero attached hydrogens (tertiary/aromatic N) is 2. The Labute approximate surface area is 102 Å². The van der Waals surface area contributed by atoms with Crippen molar-refractivity contribution in [1.82, 2.24) is 9.88 Å². The SMILES string of the molecule is CCCC1(N)CN(C(=O)c2ccncc2C)C1. The Morgan fingerprint density at radius 3 is 2.88 bits per heavy atom. The number of aromatic nitrogens is 1. The van der Waals surface area contributed by atoms with Crippen molar-refractivity contribution in [2.75, 3.05) is 13.1 Å². The van der Waals surface area contributed by atoms with Gasteiger partial charge in [0.2, 0.25) is 0 Å². The van der Waals surface area contributed by atoms with E-state index < -0.39 is 0 Å². The van der Waals surface area contributed by atoms with Crippen LogP contribution in [0.3, 0.4) is 0 Å². The fourth-order valence-corrected chi connectivity index (χ4v) is 2.40. The maximum atomic E-state index is 12.2. The van der Waals surface area contributed by atoms with Crippen molar-refractivity contribution in [3.8, 4) is 0 Å². The highest BCUT2D eigenvalue weighted by Gasteiger charge is 2.41. The molecule has 0 aliphatic carbocycles. The van der Waals surface area contributed by atoms with E-state index in [0.717, 1.165) is 24.0 Å². The molecule has 0 spiro atoms. The maximum absolute atomic E-state index is 12.2. The molecule has 1 aliphatic heterocycles. The predicted molar refractivity (Wildman–Crippen MR) is 66.7 cm³/mol. The van der Waals surface area contributed by atoms with Crippen LogP contribution in [0.1, 0.15) is 35.7 Å². The van der Waals surface area contributed by atoms with E-state index in [1.807, 2.05) is 11.8 Å². The summed E-state index contributed by atoms with van der Waals surface area (Å²) in [7, 11) is 0. The molecule has 4 heteroatoms. The number of rotatable bonds is 3. The number of nitrogens with two attached hydrogens (primary N) is 1. The van der Waals surface area contributed by atoms with Crippen LogP contribution < -0.4 is 5.73 Å². The summed E-state index contributed by atoms with van der Waals surface area (Å²) in [4.78, 5) is 18.0. The van der Waals surface area contributed by atoms with Crippen molar-refractivity contribution in [3.63, 3.8) is 0 Å². The zero-order valence-corrected chi connectivity index (χ0v) is 10.4. The summed E-state index contributed by atoms with van der Waals surface area (Å²) < 4.78 is 0. The van der Waals surface area contributed by atoms with Gasteiger partial charge < -0.3 is 10.6 Å². The van der Waals surface area contributed by atoms with Crippen molar-refractivity contribution in [2.24, 2.45) is 5.73 Å². The fourth-order valence-electron chi connectivity index (χ4n) is 2.40. The Balaban J connectivity index is 2.03. The first-order chi connectivity index (χ1) is 8.06. The standard InChI is InChI=1S/C13H19N3O/c1-3-5-13(14)8-16(9-13)12(17)11-4-6-15-7-10(11)2/h4,6-7H,3,5,8-9,14H2,1-2H3. The van der Waals surface area contributed by atoms with E-state index in [9.17, 15) is 4.79 Å². The Morgan fingerprint density at radius 1 is 1.59 bits per heavy atom. The molecule has 17 heavy (non-hydrogen) atoms. The van der Waals surface area contributed by atoms with E-state index in [4.69, 9.17) is 5.73 Å². The second-order valence-corrected chi connectivity index (χ2v) is 4.96. The molecule has 0 atom stereocenters. The molecule has 0 bridgehead atoms. The van der Waals surface area contributed by atoms with Gasteiger partial charge in [-0.1, -0.05) is 13.3 Å². The lowest BCUT2D eigenvalue weighted by Crippen LogP contribution is -2.68. The third-order valence-electron chi connectivity index (χ3n) is 3.30. The van der Waals surface area contributed by atoms with Gasteiger partial charge in [0.1, 0.15) is 0 Å². The molecule has 1 aromatic rings. The molecule has 1 amide bonds. The first kappa shape index (κ1) is 12.0. The molecule has 2 N–H and O–H groups in total. The second-order valence-electron chi connectivity index (χ2n) is 4.96. The number of amides is 1. The second kappa shape index (κ2) is 4.45. The van der Waals surface area contributed by atoms with E-state index in [2.05, 4.69) is 11.9 Å². The number of likely N-dealkylation sites (tertiary alicyclic amines) is 1. The zero-order chi connectivity index (χ0) is 12.5. The lowest BCUT2D eigenvalue weighted by molar-refractivity contribution is 0.0385. The van der Waals surface area contributed by atoms with Gasteiger partial charge in [-0.25, -0.2) is 0 Å². The predicted octanol–water partition coefficient (Wildman–Crippen LogP) is 1.34. The summed E-state index contributed by atoms with van der Waals surface area (Å²) in [6, 6.07) is 1.77. The summed E-state index contributed by atoms with van der Waals surface area (Å²) in [6.07, 6.45) is 5.41. The quantitative estimate of drug-likeness (QED) is 0.857. The number of hydrogen-bond donors (Lipinski definition) is 1. The van der Waals surface area contributed by atoms with Crippen LogP contribution in [0.5, 0.6) is 0 Å². The molecule has 1 fully saturated rings. The monoisotopic (exact) mass is 233 g/mol. The molecule has 1 aliphatic rings. The largest absolute Gasteiger partial charge is 0.335 e. The van der Waals surface area contributed by atoms with Crippen LogP contribution in [-0.2, 0) is 0 Å². The van der Waals surface area contributed by atoms with Crippen LogP contribution in [0.4, 0.5) is 0 Å². The van der Waals surface area contributed by atoms with E-state index in [1.165, 1.54) is 0 Å². The minimum Gasteiger partial charge on any atom is -0.335 e. The van der Waals surface area contributed by atoms with Crippen LogP contribution in [0.15, 0.2) is 18.5 Å². The summed E-state index contributed by atoms with van der Waals surface area (Å²) in [6.45, 7) is 5.36. The average Bonchev–Trinajstić information content (AvgIpc) is 2.26. The highest BCUT2D eigenvalue weighted by atomic mass is 16.2. The molecule has 1 saturated heterocycles. The minimum absolute atomic E-state index is 0.0714. The Morgan fingerprint density at radius 2 is 2.29 bits per heavy atom. The lowest BCUT2D eigenvalue weighted by atomic mass is 9.86. The van der Waals surface area contributed by atoms with E-state index >= 15 is 0 Å². The van der Waals surface area contributed by atoms with Crippen LogP contribution in [0.2, 0.25) is 0 Å². The summed E-state index contributed by atoms with van der Waals surface area (Å²) in [5, 5.41) is 0. The molecule has 2 heterocycles. The molecule has 4 nitrogen and oxygen atoms in total. The molecular weight excluding hydrogens is 214 g/mol. The van der Waals surface area contributed by atoms with Crippen molar-refractivity contribution in [3.05, 3.63) is 29.6 Å². The summed E-state index contributed by atoms with van der Waals surface area (Å²) >= 11 is 0. The summed E-state index contributed by atoms with van der Waals surface area (Å²) in [5.41, 5.74) is 7.64. The Kier molecular flexibility index (Phi) is 3.15. The van der Waals surface area contributed by atoms with Gasteiger partial charge in [-0.05, 0) is 25.0 Å². The highest BCUT2D eigenvalue weighted by molar-refractivity contribution is 5.96. The third-order valence-corrected chi connectivity index (χ3v) is 3.30. The number of pyridine rings is 1. The van der Waals surface area contributed by atoms with Gasteiger partial charge in [0.25, 0.3) is 5.91 Å². The van der Waals surface area contributed by atoms with E-state index in [1.54, 1.807) is 18.5 Å². The summed E-state index contributed by atoms with van der Waals surface area (Å²) in [5.74, 6) is 0.0714. The van der Waals surface area contributed by atoms with Gasteiger partial charge in [-0.2, -0.15) is 0 Å². The van der Waals surface area contributed by atoms with Crippen molar-refractivity contribution in [1.29, 1.82) is 0 Å². The molecule has 92 valence electrons. The lowest BCUT2D eigenvalue weighted by Gasteiger charge is -2.48. The van der Waals surface area contributed by atoms with Crippen LogP contribution in [-0.4, -0.2) is 34.4 Å². The molecule has 0 aromatic carbocycles. The first-order valence-corrected chi connectivity index (χ1v) is 6.04. The molecule has 0 radical (unpaired) electrons. The molecule has 0 saturated carbocycles. The van der Waals surface area contributed by atoms with Gasteiger partial charge in [0.05, 0.1) is 5.54 Å². The van der Waals surface area contributed by atoms with Gasteiger partial charge in [-0.3, -0.25) is 9.78 Å². The Hall–Kier alpha value is -1.42. The normalized spacial score (nSPS) is 17.7. The highest BCUT2D eigenvalue weighted by Crippen LogP contribution is 2.25.